The molecule has 41 heavy (non-hydrogen) atoms. The molecular weight excluding hydrogens is 553 g/mol. The number of para-hydroxylation sites is 1. The highest BCUT2D eigenvalue weighted by molar-refractivity contribution is 7.86. The normalized spacial score (nSPS) is 27.4. The maximum atomic E-state index is 13.8. The van der Waals surface area contributed by atoms with Crippen LogP contribution >= 0.6 is 0 Å². The van der Waals surface area contributed by atoms with Crippen LogP contribution in [0.1, 0.15) is 66.4 Å². The molecule has 2 fully saturated rings. The van der Waals surface area contributed by atoms with E-state index in [1.807, 2.05) is 54.6 Å². The van der Waals surface area contributed by atoms with Gasteiger partial charge in [-0.2, -0.15) is 12.6 Å². The molecule has 0 heterocycles. The van der Waals surface area contributed by atoms with Crippen LogP contribution in [-0.2, 0) is 20.7 Å². The van der Waals surface area contributed by atoms with Crippen LogP contribution < -0.4 is 4.74 Å². The molecule has 0 aromatic heterocycles. The lowest BCUT2D eigenvalue weighted by atomic mass is 9.53. The average Bonchev–Trinajstić information content (AvgIpc) is 3.29. The molecule has 3 aliphatic carbocycles. The minimum Gasteiger partial charge on any atom is -0.457 e. The molecule has 216 valence electrons. The summed E-state index contributed by atoms with van der Waals surface area (Å²) in [6.07, 6.45) is -0.393. The van der Waals surface area contributed by atoms with Crippen LogP contribution in [-0.4, -0.2) is 20.6 Å². The molecule has 0 amide bonds. The highest BCUT2D eigenvalue weighted by Crippen LogP contribution is 2.63. The van der Waals surface area contributed by atoms with Gasteiger partial charge in [-0.15, -0.1) is 13.2 Å². The summed E-state index contributed by atoms with van der Waals surface area (Å²) in [7, 11) is -4.94. The fourth-order valence-electron chi connectivity index (χ4n) is 7.83. The van der Waals surface area contributed by atoms with Crippen molar-refractivity contribution in [1.82, 2.24) is 0 Å². The van der Waals surface area contributed by atoms with Gasteiger partial charge in [-0.1, -0.05) is 31.2 Å². The van der Waals surface area contributed by atoms with Crippen molar-refractivity contribution < 1.29 is 35.3 Å². The number of ketones is 1. The van der Waals surface area contributed by atoms with Crippen molar-refractivity contribution in [3.05, 3.63) is 89.5 Å². The molecule has 0 spiro atoms. The Kier molecular flexibility index (Phi) is 7.01. The Bertz CT molecular complexity index is 1550. The largest absolute Gasteiger partial charge is 0.537 e. The lowest BCUT2D eigenvalue weighted by Crippen LogP contribution is -2.44. The van der Waals surface area contributed by atoms with Crippen molar-refractivity contribution in [3.63, 3.8) is 0 Å². The number of halogens is 3. The number of alkyl halides is 3. The molecule has 3 aromatic rings. The van der Waals surface area contributed by atoms with Gasteiger partial charge in [-0.3, -0.25) is 4.79 Å². The Morgan fingerprint density at radius 2 is 1.61 bits per heavy atom. The fraction of sp³-hybridized carbons (Fsp3) is 0.406. The van der Waals surface area contributed by atoms with Gasteiger partial charge in [0, 0.05) is 11.5 Å². The average molecular weight is 585 g/mol. The van der Waals surface area contributed by atoms with Crippen LogP contribution in [0.4, 0.5) is 13.2 Å². The standard InChI is InChI=1S/C32H31F3O5S/c1-31-18-17-26-25-14-12-24(41(37,38)40-32(33,34)35)19-21(25)9-13-27(26)28(31)15-16-29(31)30(36)20-7-10-23(11-8-20)39-22-5-3-2-4-6-22/h2-8,10-12,14,19,26-29H,9,13,15-18H2,1H3/t26-,27-,28+,29-,31+/m1/s1. The Labute approximate surface area is 237 Å². The number of carbonyl (C=O) groups excluding carboxylic acids is 1. The highest BCUT2D eigenvalue weighted by atomic mass is 32.2. The van der Waals surface area contributed by atoms with E-state index >= 15 is 0 Å². The fourth-order valence-corrected chi connectivity index (χ4v) is 8.70. The zero-order valence-electron chi connectivity index (χ0n) is 22.6. The summed E-state index contributed by atoms with van der Waals surface area (Å²) in [5.41, 5.74) is 2.32. The van der Waals surface area contributed by atoms with E-state index in [2.05, 4.69) is 11.1 Å². The van der Waals surface area contributed by atoms with Gasteiger partial charge in [-0.25, -0.2) is 0 Å². The predicted molar refractivity (Wildman–Crippen MR) is 146 cm³/mol. The summed E-state index contributed by atoms with van der Waals surface area (Å²) in [5, 5.41) is 0. The zero-order chi connectivity index (χ0) is 29.0. The smallest absolute Gasteiger partial charge is 0.457 e. The van der Waals surface area contributed by atoms with Crippen LogP contribution in [0, 0.1) is 23.2 Å². The third kappa shape index (κ3) is 5.30. The van der Waals surface area contributed by atoms with Crippen LogP contribution in [0.25, 0.3) is 0 Å². The second-order valence-corrected chi connectivity index (χ2v) is 13.3. The molecule has 0 bridgehead atoms. The van der Waals surface area contributed by atoms with E-state index in [0.29, 0.717) is 29.6 Å². The molecule has 0 radical (unpaired) electrons. The maximum Gasteiger partial charge on any atom is 0.537 e. The number of ether oxygens (including phenoxy) is 1. The van der Waals surface area contributed by atoms with Gasteiger partial charge in [0.2, 0.25) is 0 Å². The minimum absolute atomic E-state index is 0.0808. The van der Waals surface area contributed by atoms with E-state index < -0.39 is 21.4 Å². The Morgan fingerprint density at radius 3 is 2.32 bits per heavy atom. The molecule has 0 aliphatic heterocycles. The van der Waals surface area contributed by atoms with Gasteiger partial charge in [0.15, 0.2) is 5.78 Å². The number of Topliss-reactive ketones (excluding diaryl/α,β-unsaturated/α-hetero) is 1. The first kappa shape index (κ1) is 28.0. The highest BCUT2D eigenvalue weighted by Gasteiger charge is 2.56. The summed E-state index contributed by atoms with van der Waals surface area (Å²) in [6, 6.07) is 21.1. The molecular formula is C32H31F3O5S. The topological polar surface area (TPSA) is 69.7 Å². The van der Waals surface area contributed by atoms with Crippen molar-refractivity contribution in [2.45, 2.75) is 62.6 Å². The first-order valence-corrected chi connectivity index (χ1v) is 15.4. The summed E-state index contributed by atoms with van der Waals surface area (Å²) in [6.45, 7) is 2.25. The third-order valence-corrected chi connectivity index (χ3v) is 10.9. The quantitative estimate of drug-likeness (QED) is 0.217. The molecule has 2 saturated carbocycles. The van der Waals surface area contributed by atoms with E-state index in [1.165, 1.54) is 12.1 Å². The minimum atomic E-state index is -5.28. The molecule has 5 nitrogen and oxygen atoms in total. The van der Waals surface area contributed by atoms with Gasteiger partial charge in [-0.05, 0) is 121 Å². The zero-order valence-corrected chi connectivity index (χ0v) is 23.4. The lowest BCUT2D eigenvalue weighted by molar-refractivity contribution is -0.271. The molecule has 3 aliphatic rings. The monoisotopic (exact) mass is 584 g/mol. The van der Waals surface area contributed by atoms with E-state index in [4.69, 9.17) is 4.74 Å². The maximum absolute atomic E-state index is 13.8. The van der Waals surface area contributed by atoms with Gasteiger partial charge < -0.3 is 4.74 Å². The summed E-state index contributed by atoms with van der Waals surface area (Å²) < 4.78 is 71.4. The van der Waals surface area contributed by atoms with Crippen LogP contribution in [0.5, 0.6) is 11.5 Å². The van der Waals surface area contributed by atoms with Crippen molar-refractivity contribution in [2.24, 2.45) is 23.2 Å². The number of hydrogen-bond acceptors (Lipinski definition) is 5. The molecule has 6 rings (SSSR count). The predicted octanol–water partition coefficient (Wildman–Crippen LogP) is 8.06. The molecule has 3 aromatic carbocycles. The summed E-state index contributed by atoms with van der Waals surface area (Å²) >= 11 is 0. The first-order chi connectivity index (χ1) is 19.4. The molecule has 0 N–H and O–H groups in total. The second kappa shape index (κ2) is 10.3. The third-order valence-electron chi connectivity index (χ3n) is 9.63. The van der Waals surface area contributed by atoms with E-state index in [0.717, 1.165) is 49.0 Å². The van der Waals surface area contributed by atoms with Gasteiger partial charge in [0.05, 0.1) is 4.90 Å². The van der Waals surface area contributed by atoms with Gasteiger partial charge >= 0.3 is 16.5 Å². The number of carbonyl (C=O) groups is 1. The number of hydrogen-bond donors (Lipinski definition) is 0. The van der Waals surface area contributed by atoms with Crippen molar-refractivity contribution in [2.75, 3.05) is 0 Å². The van der Waals surface area contributed by atoms with E-state index in [9.17, 15) is 26.4 Å². The number of aryl methyl sites for hydroxylation is 1. The second-order valence-electron chi connectivity index (χ2n) is 11.7. The number of benzene rings is 3. The van der Waals surface area contributed by atoms with Crippen LogP contribution in [0.2, 0.25) is 0 Å². The Morgan fingerprint density at radius 1 is 0.902 bits per heavy atom. The summed E-state index contributed by atoms with van der Waals surface area (Å²) in [5.74, 6) is 2.37. The number of fused-ring (bicyclic) bond motifs is 5. The van der Waals surface area contributed by atoms with Crippen LogP contribution in [0.15, 0.2) is 77.7 Å². The summed E-state index contributed by atoms with van der Waals surface area (Å²) in [4.78, 5) is 13.3. The van der Waals surface area contributed by atoms with Crippen LogP contribution in [0.3, 0.4) is 0 Å². The molecule has 5 atom stereocenters. The van der Waals surface area contributed by atoms with E-state index in [1.54, 1.807) is 6.07 Å². The Hall–Kier alpha value is -3.17. The SMILES string of the molecule is C[C@]12CC[C@@H]3c4ccc(S(=O)(=O)OC(F)(F)F)cc4CC[C@H]3[C@@H]1CC[C@@H]2C(=O)c1ccc(Oc2ccccc2)cc1. The molecule has 0 unspecified atom stereocenters. The Balaban J connectivity index is 1.18. The molecule has 9 heteroatoms. The first-order valence-electron chi connectivity index (χ1n) is 14.0. The van der Waals surface area contributed by atoms with Crippen molar-refractivity contribution in [3.8, 4) is 11.5 Å². The van der Waals surface area contributed by atoms with Crippen molar-refractivity contribution >= 4 is 15.9 Å². The van der Waals surface area contributed by atoms with Gasteiger partial charge in [0.1, 0.15) is 11.5 Å². The van der Waals surface area contributed by atoms with Crippen molar-refractivity contribution in [1.29, 1.82) is 0 Å². The molecule has 0 saturated heterocycles. The number of rotatable bonds is 6. The lowest BCUT2D eigenvalue weighted by Gasteiger charge is -2.50. The van der Waals surface area contributed by atoms with Gasteiger partial charge in [0.25, 0.3) is 0 Å². The van der Waals surface area contributed by atoms with E-state index in [-0.39, 0.29) is 23.0 Å².